The van der Waals surface area contributed by atoms with Crippen molar-refractivity contribution in [1.29, 1.82) is 0 Å². The zero-order valence-electron chi connectivity index (χ0n) is 11.3. The third-order valence-electron chi connectivity index (χ3n) is 2.62. The minimum atomic E-state index is -0.330. The van der Waals surface area contributed by atoms with Crippen molar-refractivity contribution in [3.8, 4) is 0 Å². The molecule has 0 amide bonds. The number of pyridine rings is 1. The molecule has 0 radical (unpaired) electrons. The molecule has 0 aromatic carbocycles. The summed E-state index contributed by atoms with van der Waals surface area (Å²) in [6, 6.07) is 4.02. The van der Waals surface area contributed by atoms with E-state index in [1.807, 2.05) is 32.9 Å². The summed E-state index contributed by atoms with van der Waals surface area (Å²) in [4.78, 5) is 24.2. The molecule has 2 rings (SSSR count). The summed E-state index contributed by atoms with van der Waals surface area (Å²) in [5, 5.41) is 3.00. The van der Waals surface area contributed by atoms with Gasteiger partial charge in [0.25, 0.3) is 0 Å². The van der Waals surface area contributed by atoms with Gasteiger partial charge in [0.15, 0.2) is 0 Å². The Balaban J connectivity index is 2.23. The fraction of sp³-hybridized carbons (Fsp3) is 0.385. The van der Waals surface area contributed by atoms with Gasteiger partial charge in [-0.25, -0.2) is 9.78 Å². The van der Waals surface area contributed by atoms with Crippen molar-refractivity contribution in [3.63, 3.8) is 0 Å². The molecule has 2 aromatic rings. The normalized spacial score (nSPS) is 10.7. The number of anilines is 1. The molecule has 19 heavy (non-hydrogen) atoms. The molecule has 0 saturated carbocycles. The van der Waals surface area contributed by atoms with E-state index in [1.54, 1.807) is 6.20 Å². The molecule has 6 heteroatoms. The van der Waals surface area contributed by atoms with Gasteiger partial charge in [-0.05, 0) is 32.4 Å². The standard InChI is InChI=1S/C13H17N5O/c1-9(2)16-12-15-8-18(13(19)17-12)7-11-10(3)5-4-6-14-11/h4-6,8-9H,7H2,1-3H3,(H,16,17,19). The van der Waals surface area contributed by atoms with Crippen LogP contribution in [0.2, 0.25) is 0 Å². The second-order valence-electron chi connectivity index (χ2n) is 4.66. The van der Waals surface area contributed by atoms with Crippen LogP contribution >= 0.6 is 0 Å². The lowest BCUT2D eigenvalue weighted by Crippen LogP contribution is -2.27. The maximum Gasteiger partial charge on any atom is 0.352 e. The van der Waals surface area contributed by atoms with Crippen LogP contribution < -0.4 is 11.0 Å². The Labute approximate surface area is 111 Å². The monoisotopic (exact) mass is 259 g/mol. The van der Waals surface area contributed by atoms with E-state index in [9.17, 15) is 4.79 Å². The Morgan fingerprint density at radius 1 is 1.37 bits per heavy atom. The molecular formula is C13H17N5O. The van der Waals surface area contributed by atoms with Gasteiger partial charge < -0.3 is 5.32 Å². The lowest BCUT2D eigenvalue weighted by Gasteiger charge is -2.09. The molecule has 2 aromatic heterocycles. The van der Waals surface area contributed by atoms with E-state index in [0.29, 0.717) is 12.5 Å². The molecule has 0 unspecified atom stereocenters. The predicted molar refractivity (Wildman–Crippen MR) is 73.1 cm³/mol. The van der Waals surface area contributed by atoms with Crippen molar-refractivity contribution >= 4 is 5.95 Å². The number of rotatable bonds is 4. The molecule has 0 aliphatic carbocycles. The molecule has 100 valence electrons. The van der Waals surface area contributed by atoms with Gasteiger partial charge >= 0.3 is 5.69 Å². The average molecular weight is 259 g/mol. The van der Waals surface area contributed by atoms with Gasteiger partial charge in [0.1, 0.15) is 6.33 Å². The van der Waals surface area contributed by atoms with Crippen LogP contribution in [0.4, 0.5) is 5.95 Å². The van der Waals surface area contributed by atoms with E-state index in [0.717, 1.165) is 11.3 Å². The Hall–Kier alpha value is -2.24. The van der Waals surface area contributed by atoms with Crippen LogP contribution in [0.25, 0.3) is 0 Å². The SMILES string of the molecule is Cc1cccnc1Cn1cnc(NC(C)C)nc1=O. The summed E-state index contributed by atoms with van der Waals surface area (Å²) in [7, 11) is 0. The van der Waals surface area contributed by atoms with Crippen molar-refractivity contribution in [2.45, 2.75) is 33.4 Å². The Morgan fingerprint density at radius 2 is 2.16 bits per heavy atom. The van der Waals surface area contributed by atoms with E-state index >= 15 is 0 Å². The molecule has 0 bridgehead atoms. The highest BCUT2D eigenvalue weighted by atomic mass is 16.1. The average Bonchev–Trinajstić information content (AvgIpc) is 2.34. The molecule has 0 atom stereocenters. The molecule has 0 spiro atoms. The topological polar surface area (TPSA) is 72.7 Å². The van der Waals surface area contributed by atoms with Crippen molar-refractivity contribution in [1.82, 2.24) is 19.5 Å². The first-order valence-electron chi connectivity index (χ1n) is 6.17. The molecular weight excluding hydrogens is 242 g/mol. The van der Waals surface area contributed by atoms with Gasteiger partial charge in [-0.1, -0.05) is 6.07 Å². The minimum Gasteiger partial charge on any atom is -0.352 e. The molecule has 0 fully saturated rings. The highest BCUT2D eigenvalue weighted by Gasteiger charge is 2.05. The maximum absolute atomic E-state index is 11.9. The van der Waals surface area contributed by atoms with E-state index in [4.69, 9.17) is 0 Å². The van der Waals surface area contributed by atoms with E-state index in [-0.39, 0.29) is 11.7 Å². The number of hydrogen-bond donors (Lipinski definition) is 1. The van der Waals surface area contributed by atoms with Crippen LogP contribution in [-0.4, -0.2) is 25.6 Å². The van der Waals surface area contributed by atoms with Crippen molar-refractivity contribution in [3.05, 3.63) is 46.4 Å². The number of hydrogen-bond acceptors (Lipinski definition) is 5. The van der Waals surface area contributed by atoms with Crippen LogP contribution in [0, 0.1) is 6.92 Å². The van der Waals surface area contributed by atoms with Crippen LogP contribution in [0.1, 0.15) is 25.1 Å². The highest BCUT2D eigenvalue weighted by molar-refractivity contribution is 5.22. The number of aromatic nitrogens is 4. The van der Waals surface area contributed by atoms with E-state index < -0.39 is 0 Å². The van der Waals surface area contributed by atoms with Crippen molar-refractivity contribution in [2.24, 2.45) is 0 Å². The zero-order valence-corrected chi connectivity index (χ0v) is 11.3. The summed E-state index contributed by atoms with van der Waals surface area (Å²) in [6.07, 6.45) is 3.21. The quantitative estimate of drug-likeness (QED) is 0.893. The third-order valence-corrected chi connectivity index (χ3v) is 2.62. The zero-order chi connectivity index (χ0) is 13.8. The largest absolute Gasteiger partial charge is 0.352 e. The van der Waals surface area contributed by atoms with Crippen LogP contribution in [0.5, 0.6) is 0 Å². The smallest absolute Gasteiger partial charge is 0.352 e. The summed E-state index contributed by atoms with van der Waals surface area (Å²) >= 11 is 0. The van der Waals surface area contributed by atoms with E-state index in [2.05, 4.69) is 20.3 Å². The molecule has 0 saturated heterocycles. The van der Waals surface area contributed by atoms with Gasteiger partial charge in [0.2, 0.25) is 5.95 Å². The molecule has 0 aliphatic heterocycles. The molecule has 2 heterocycles. The van der Waals surface area contributed by atoms with Gasteiger partial charge in [0.05, 0.1) is 12.2 Å². The van der Waals surface area contributed by atoms with Crippen LogP contribution in [0.3, 0.4) is 0 Å². The van der Waals surface area contributed by atoms with Crippen molar-refractivity contribution < 1.29 is 0 Å². The first-order valence-corrected chi connectivity index (χ1v) is 6.17. The first kappa shape index (κ1) is 13.2. The second kappa shape index (κ2) is 5.60. The predicted octanol–water partition coefficient (Wildman–Crippen LogP) is 1.21. The number of nitrogens with one attached hydrogen (secondary N) is 1. The van der Waals surface area contributed by atoms with Gasteiger partial charge in [-0.15, -0.1) is 0 Å². The Kier molecular flexibility index (Phi) is 3.89. The molecule has 0 aliphatic rings. The highest BCUT2D eigenvalue weighted by Crippen LogP contribution is 2.04. The number of aryl methyl sites for hydroxylation is 1. The van der Waals surface area contributed by atoms with Gasteiger partial charge in [-0.3, -0.25) is 9.55 Å². The summed E-state index contributed by atoms with van der Waals surface area (Å²) in [5.41, 5.74) is 1.56. The van der Waals surface area contributed by atoms with Crippen LogP contribution in [-0.2, 0) is 6.54 Å². The molecule has 6 nitrogen and oxygen atoms in total. The third kappa shape index (κ3) is 3.37. The Morgan fingerprint density at radius 3 is 2.79 bits per heavy atom. The summed E-state index contributed by atoms with van der Waals surface area (Å²) in [5.74, 6) is 0.356. The molecule has 1 N–H and O–H groups in total. The minimum absolute atomic E-state index is 0.188. The number of nitrogens with zero attached hydrogens (tertiary/aromatic N) is 4. The van der Waals surface area contributed by atoms with E-state index in [1.165, 1.54) is 10.9 Å². The fourth-order valence-electron chi connectivity index (χ4n) is 1.64. The van der Waals surface area contributed by atoms with Crippen LogP contribution in [0.15, 0.2) is 29.5 Å². The fourth-order valence-corrected chi connectivity index (χ4v) is 1.64. The second-order valence-corrected chi connectivity index (χ2v) is 4.66. The first-order chi connectivity index (χ1) is 9.06. The lowest BCUT2D eigenvalue weighted by atomic mass is 10.2. The van der Waals surface area contributed by atoms with Crippen molar-refractivity contribution in [2.75, 3.05) is 5.32 Å². The summed E-state index contributed by atoms with van der Waals surface area (Å²) in [6.45, 7) is 6.27. The lowest BCUT2D eigenvalue weighted by molar-refractivity contribution is 0.681. The van der Waals surface area contributed by atoms with Gasteiger partial charge in [0, 0.05) is 12.2 Å². The summed E-state index contributed by atoms with van der Waals surface area (Å²) < 4.78 is 1.45. The van der Waals surface area contributed by atoms with Gasteiger partial charge in [-0.2, -0.15) is 4.98 Å². The maximum atomic E-state index is 11.9. The Bertz CT molecular complexity index is 620.